The van der Waals surface area contributed by atoms with E-state index in [0.717, 1.165) is 32.0 Å². The smallest absolute Gasteiger partial charge is 0.342 e. The van der Waals surface area contributed by atoms with Gasteiger partial charge in [0.05, 0.1) is 13.1 Å². The molecule has 0 radical (unpaired) electrons. The first-order chi connectivity index (χ1) is 9.83. The van der Waals surface area contributed by atoms with Gasteiger partial charge in [-0.1, -0.05) is 0 Å². The van der Waals surface area contributed by atoms with Gasteiger partial charge in [0.2, 0.25) is 5.75 Å². The van der Waals surface area contributed by atoms with Crippen LogP contribution in [0, 0.1) is 5.92 Å². The van der Waals surface area contributed by atoms with Crippen LogP contribution in [0.15, 0.2) is 12.1 Å². The standard InChI is InChI=1S/C15H21NO5/c1-15(2,9-5-7-16-8-6-9)21-14(20)10-3-4-11(17)13(19)12(10)18/h3-4,9,16-19H,5-8H2,1-2H3/p+1. The molecule has 0 aromatic heterocycles. The van der Waals surface area contributed by atoms with Crippen molar-refractivity contribution in [2.24, 2.45) is 5.92 Å². The Morgan fingerprint density at radius 1 is 1.19 bits per heavy atom. The summed E-state index contributed by atoms with van der Waals surface area (Å²) in [5.41, 5.74) is -0.800. The summed E-state index contributed by atoms with van der Waals surface area (Å²) in [5, 5.41) is 30.7. The molecule has 0 spiro atoms. The summed E-state index contributed by atoms with van der Waals surface area (Å²) < 4.78 is 5.53. The Hall–Kier alpha value is -1.95. The van der Waals surface area contributed by atoms with Crippen LogP contribution in [0.5, 0.6) is 17.2 Å². The van der Waals surface area contributed by atoms with Crippen molar-refractivity contribution >= 4 is 5.97 Å². The lowest BCUT2D eigenvalue weighted by Gasteiger charge is -2.35. The van der Waals surface area contributed by atoms with Gasteiger partial charge in [0.1, 0.15) is 11.2 Å². The van der Waals surface area contributed by atoms with Gasteiger partial charge in [0, 0.05) is 18.8 Å². The number of aromatic hydroxyl groups is 3. The van der Waals surface area contributed by atoms with E-state index in [1.165, 1.54) is 6.07 Å². The third kappa shape index (κ3) is 3.21. The van der Waals surface area contributed by atoms with E-state index in [2.05, 4.69) is 5.32 Å². The van der Waals surface area contributed by atoms with Crippen LogP contribution in [-0.4, -0.2) is 40.0 Å². The largest absolute Gasteiger partial charge is 0.504 e. The van der Waals surface area contributed by atoms with Gasteiger partial charge in [0.15, 0.2) is 11.5 Å². The van der Waals surface area contributed by atoms with Crippen molar-refractivity contribution < 1.29 is 30.2 Å². The van der Waals surface area contributed by atoms with Crippen molar-refractivity contribution in [3.63, 3.8) is 0 Å². The Morgan fingerprint density at radius 2 is 1.81 bits per heavy atom. The van der Waals surface area contributed by atoms with Crippen molar-refractivity contribution in [3.8, 4) is 17.2 Å². The number of ether oxygens (including phenoxy) is 1. The van der Waals surface area contributed by atoms with E-state index in [0.29, 0.717) is 0 Å². The maximum atomic E-state index is 12.2. The molecule has 21 heavy (non-hydrogen) atoms. The van der Waals surface area contributed by atoms with Gasteiger partial charge in [-0.25, -0.2) is 4.79 Å². The summed E-state index contributed by atoms with van der Waals surface area (Å²) in [4.78, 5) is 12.2. The maximum absolute atomic E-state index is 12.2. The Morgan fingerprint density at radius 3 is 2.43 bits per heavy atom. The van der Waals surface area contributed by atoms with E-state index in [9.17, 15) is 20.1 Å². The molecule has 2 rings (SSSR count). The first-order valence-corrected chi connectivity index (χ1v) is 7.12. The van der Waals surface area contributed by atoms with Gasteiger partial charge in [-0.15, -0.1) is 0 Å². The molecule has 6 heteroatoms. The molecule has 1 aromatic rings. The second-order valence-electron chi connectivity index (χ2n) is 5.96. The average Bonchev–Trinajstić information content (AvgIpc) is 2.45. The number of quaternary nitrogens is 1. The molecular weight excluding hydrogens is 274 g/mol. The number of piperidine rings is 1. The molecular formula is C15H22NO5+. The third-order valence-corrected chi connectivity index (χ3v) is 4.13. The number of esters is 1. The summed E-state index contributed by atoms with van der Waals surface area (Å²) in [6, 6.07) is 2.38. The van der Waals surface area contributed by atoms with Crippen molar-refractivity contribution in [1.82, 2.24) is 0 Å². The molecule has 0 bridgehead atoms. The Kier molecular flexibility index (Phi) is 4.27. The van der Waals surface area contributed by atoms with Crippen molar-refractivity contribution in [1.29, 1.82) is 0 Å². The number of carbonyl (C=O) groups excluding carboxylic acids is 1. The maximum Gasteiger partial charge on any atom is 0.342 e. The van der Waals surface area contributed by atoms with E-state index in [1.54, 1.807) is 0 Å². The molecule has 6 nitrogen and oxygen atoms in total. The van der Waals surface area contributed by atoms with Crippen LogP contribution in [0.1, 0.15) is 37.0 Å². The fourth-order valence-corrected chi connectivity index (χ4v) is 2.73. The highest BCUT2D eigenvalue weighted by Gasteiger charge is 2.36. The van der Waals surface area contributed by atoms with E-state index in [1.807, 2.05) is 13.8 Å². The number of hydrogen-bond acceptors (Lipinski definition) is 5. The minimum Gasteiger partial charge on any atom is -0.504 e. The van der Waals surface area contributed by atoms with Crippen molar-refractivity contribution in [2.75, 3.05) is 13.1 Å². The molecule has 0 amide bonds. The molecule has 1 aliphatic heterocycles. The molecule has 0 unspecified atom stereocenters. The van der Waals surface area contributed by atoms with Crippen molar-refractivity contribution in [2.45, 2.75) is 32.3 Å². The summed E-state index contributed by atoms with van der Waals surface area (Å²) in [7, 11) is 0. The van der Waals surface area contributed by atoms with Crippen LogP contribution < -0.4 is 5.32 Å². The molecule has 0 aliphatic carbocycles. The number of nitrogens with two attached hydrogens (primary N) is 1. The number of hydrogen-bond donors (Lipinski definition) is 4. The number of carbonyl (C=O) groups is 1. The Bertz CT molecular complexity index is 535. The molecule has 1 aromatic carbocycles. The van der Waals surface area contributed by atoms with Crippen LogP contribution in [0.2, 0.25) is 0 Å². The molecule has 1 aliphatic rings. The summed E-state index contributed by atoms with van der Waals surface area (Å²) in [6.45, 7) is 5.74. The fraction of sp³-hybridized carbons (Fsp3) is 0.533. The molecule has 116 valence electrons. The van der Waals surface area contributed by atoms with Gasteiger partial charge in [0.25, 0.3) is 0 Å². The topological polar surface area (TPSA) is 104 Å². The van der Waals surface area contributed by atoms with E-state index >= 15 is 0 Å². The predicted octanol–water partition coefficient (Wildman–Crippen LogP) is 0.712. The lowest BCUT2D eigenvalue weighted by molar-refractivity contribution is -0.665. The quantitative estimate of drug-likeness (QED) is 0.486. The molecule has 1 saturated heterocycles. The third-order valence-electron chi connectivity index (χ3n) is 4.13. The molecule has 1 heterocycles. The average molecular weight is 296 g/mol. The summed E-state index contributed by atoms with van der Waals surface area (Å²) in [6.07, 6.45) is 1.93. The molecule has 1 fully saturated rings. The molecule has 0 saturated carbocycles. The zero-order chi connectivity index (χ0) is 15.6. The lowest BCUT2D eigenvalue weighted by atomic mass is 9.83. The van der Waals surface area contributed by atoms with Crippen LogP contribution in [0.25, 0.3) is 0 Å². The predicted molar refractivity (Wildman–Crippen MR) is 75.3 cm³/mol. The van der Waals surface area contributed by atoms with Crippen LogP contribution in [0.3, 0.4) is 0 Å². The molecule has 0 atom stereocenters. The van der Waals surface area contributed by atoms with E-state index < -0.39 is 28.8 Å². The highest BCUT2D eigenvalue weighted by molar-refractivity contribution is 5.94. The van der Waals surface area contributed by atoms with Crippen molar-refractivity contribution in [3.05, 3.63) is 17.7 Å². The summed E-state index contributed by atoms with van der Waals surface area (Å²) in [5.74, 6) is -2.30. The van der Waals surface area contributed by atoms with Crippen LogP contribution in [-0.2, 0) is 4.74 Å². The Labute approximate surface area is 123 Å². The molecule has 5 N–H and O–H groups in total. The van der Waals surface area contributed by atoms with Gasteiger partial charge in [-0.3, -0.25) is 0 Å². The first kappa shape index (κ1) is 15.4. The van der Waals surface area contributed by atoms with Gasteiger partial charge >= 0.3 is 5.97 Å². The van der Waals surface area contributed by atoms with E-state index in [-0.39, 0.29) is 11.5 Å². The lowest BCUT2D eigenvalue weighted by Crippen LogP contribution is -2.86. The van der Waals surface area contributed by atoms with Crippen LogP contribution in [0.4, 0.5) is 0 Å². The number of rotatable bonds is 3. The zero-order valence-corrected chi connectivity index (χ0v) is 12.3. The SMILES string of the molecule is CC(C)(OC(=O)c1ccc(O)c(O)c1O)C1CC[NH2+]CC1. The monoisotopic (exact) mass is 296 g/mol. The number of phenolic OH excluding ortho intramolecular Hbond substituents is 3. The van der Waals surface area contributed by atoms with E-state index in [4.69, 9.17) is 4.74 Å². The first-order valence-electron chi connectivity index (χ1n) is 7.12. The van der Waals surface area contributed by atoms with Gasteiger partial charge in [-0.05, 0) is 26.0 Å². The van der Waals surface area contributed by atoms with Gasteiger partial charge < -0.3 is 25.4 Å². The fourth-order valence-electron chi connectivity index (χ4n) is 2.73. The van der Waals surface area contributed by atoms with Gasteiger partial charge in [-0.2, -0.15) is 0 Å². The highest BCUT2D eigenvalue weighted by Crippen LogP contribution is 2.38. The minimum absolute atomic E-state index is 0.152. The second-order valence-corrected chi connectivity index (χ2v) is 5.96. The normalized spacial score (nSPS) is 16.7. The Balaban J connectivity index is 2.15. The number of phenols is 3. The minimum atomic E-state index is -0.713. The zero-order valence-electron chi connectivity index (χ0n) is 12.3. The summed E-state index contributed by atoms with van der Waals surface area (Å²) >= 11 is 0. The van der Waals surface area contributed by atoms with Crippen LogP contribution >= 0.6 is 0 Å². The number of benzene rings is 1. The second kappa shape index (κ2) is 5.81. The highest BCUT2D eigenvalue weighted by atomic mass is 16.6.